The summed E-state index contributed by atoms with van der Waals surface area (Å²) in [5, 5.41) is 3.69. The molecule has 0 radical (unpaired) electrons. The van der Waals surface area contributed by atoms with Crippen LogP contribution in [0, 0.1) is 5.92 Å². The van der Waals surface area contributed by atoms with E-state index in [1.54, 1.807) is 24.5 Å². The Balaban J connectivity index is 1.36. The maximum atomic E-state index is 12.5. The Morgan fingerprint density at radius 3 is 2.42 bits per heavy atom. The summed E-state index contributed by atoms with van der Waals surface area (Å²) in [6, 6.07) is 18.6. The molecule has 26 heavy (non-hydrogen) atoms. The molecule has 5 heteroatoms. The minimum Gasteiger partial charge on any atom is -0.457 e. The highest BCUT2D eigenvalue weighted by atomic mass is 35.5. The van der Waals surface area contributed by atoms with Crippen LogP contribution in [0.4, 0.5) is 5.69 Å². The van der Waals surface area contributed by atoms with Crippen molar-refractivity contribution in [3.05, 3.63) is 83.6 Å². The van der Waals surface area contributed by atoms with Crippen molar-refractivity contribution < 1.29 is 9.53 Å². The molecule has 1 N–H and O–H groups in total. The number of amides is 1. The van der Waals surface area contributed by atoms with Crippen molar-refractivity contribution in [2.45, 2.75) is 12.3 Å². The predicted molar refractivity (Wildman–Crippen MR) is 102 cm³/mol. The molecule has 0 spiro atoms. The number of nitrogens with one attached hydrogen (secondary N) is 1. The van der Waals surface area contributed by atoms with Crippen LogP contribution in [0.5, 0.6) is 11.5 Å². The fourth-order valence-corrected chi connectivity index (χ4v) is 3.26. The molecule has 0 bridgehead atoms. The first kappa shape index (κ1) is 16.6. The first-order valence-electron chi connectivity index (χ1n) is 8.44. The summed E-state index contributed by atoms with van der Waals surface area (Å²) >= 11 is 6.22. The lowest BCUT2D eigenvalue weighted by molar-refractivity contribution is -0.117. The zero-order chi connectivity index (χ0) is 17.9. The molecule has 1 aromatic heterocycles. The third-order valence-corrected chi connectivity index (χ3v) is 4.78. The van der Waals surface area contributed by atoms with E-state index < -0.39 is 0 Å². The molecule has 1 aliphatic carbocycles. The van der Waals surface area contributed by atoms with Gasteiger partial charge in [-0.3, -0.25) is 9.78 Å². The van der Waals surface area contributed by atoms with Crippen molar-refractivity contribution in [3.63, 3.8) is 0 Å². The SMILES string of the molecule is O=C(Nc1ccc(Oc2ccncc2)cc1)C1CC1c1ccccc1Cl. The van der Waals surface area contributed by atoms with Gasteiger partial charge >= 0.3 is 0 Å². The summed E-state index contributed by atoms with van der Waals surface area (Å²) in [5.41, 5.74) is 1.80. The Bertz CT molecular complexity index is 913. The Morgan fingerprint density at radius 1 is 1.00 bits per heavy atom. The maximum absolute atomic E-state index is 12.5. The van der Waals surface area contributed by atoms with E-state index in [0.29, 0.717) is 5.75 Å². The minimum atomic E-state index is -0.0253. The number of halogens is 1. The highest BCUT2D eigenvalue weighted by Crippen LogP contribution is 2.50. The Hall–Kier alpha value is -2.85. The van der Waals surface area contributed by atoms with Crippen LogP contribution in [0.3, 0.4) is 0 Å². The van der Waals surface area contributed by atoms with Crippen LogP contribution in [-0.4, -0.2) is 10.9 Å². The average molecular weight is 365 g/mol. The number of pyridine rings is 1. The summed E-state index contributed by atoms with van der Waals surface area (Å²) in [4.78, 5) is 16.4. The Kier molecular flexibility index (Phi) is 4.59. The second-order valence-electron chi connectivity index (χ2n) is 6.27. The van der Waals surface area contributed by atoms with Gasteiger partial charge in [-0.25, -0.2) is 0 Å². The minimum absolute atomic E-state index is 0.0253. The molecule has 3 aromatic rings. The van der Waals surface area contributed by atoms with E-state index >= 15 is 0 Å². The summed E-state index contributed by atoms with van der Waals surface area (Å²) < 4.78 is 5.72. The third-order valence-electron chi connectivity index (χ3n) is 4.44. The molecular weight excluding hydrogens is 348 g/mol. The zero-order valence-corrected chi connectivity index (χ0v) is 14.7. The predicted octanol–water partition coefficient (Wildman–Crippen LogP) is 5.27. The molecule has 130 valence electrons. The molecule has 1 amide bonds. The topological polar surface area (TPSA) is 51.2 Å². The van der Waals surface area contributed by atoms with Gasteiger partial charge in [0.05, 0.1) is 0 Å². The quantitative estimate of drug-likeness (QED) is 0.671. The van der Waals surface area contributed by atoms with E-state index in [9.17, 15) is 4.79 Å². The Morgan fingerprint density at radius 2 is 1.69 bits per heavy atom. The van der Waals surface area contributed by atoms with Crippen LogP contribution in [0.1, 0.15) is 17.9 Å². The van der Waals surface area contributed by atoms with Crippen LogP contribution in [-0.2, 0) is 4.79 Å². The standard InChI is InChI=1S/C21H17ClN2O2/c22-20-4-2-1-3-17(20)18-13-19(18)21(25)24-14-5-7-15(8-6-14)26-16-9-11-23-12-10-16/h1-12,18-19H,13H2,(H,24,25). The van der Waals surface area contributed by atoms with Crippen molar-refractivity contribution in [1.82, 2.24) is 4.98 Å². The molecule has 1 heterocycles. The number of carbonyl (C=O) groups excluding carboxylic acids is 1. The van der Waals surface area contributed by atoms with Crippen molar-refractivity contribution in [1.29, 1.82) is 0 Å². The lowest BCUT2D eigenvalue weighted by Gasteiger charge is -2.08. The van der Waals surface area contributed by atoms with Crippen LogP contribution < -0.4 is 10.1 Å². The summed E-state index contributed by atoms with van der Waals surface area (Å²) in [7, 11) is 0. The van der Waals surface area contributed by atoms with Gasteiger partial charge in [-0.2, -0.15) is 0 Å². The highest BCUT2D eigenvalue weighted by molar-refractivity contribution is 6.31. The first-order chi connectivity index (χ1) is 12.7. The van der Waals surface area contributed by atoms with Gasteiger partial charge in [0.1, 0.15) is 11.5 Å². The number of benzene rings is 2. The number of aromatic nitrogens is 1. The number of hydrogen-bond acceptors (Lipinski definition) is 3. The first-order valence-corrected chi connectivity index (χ1v) is 8.82. The fourth-order valence-electron chi connectivity index (χ4n) is 2.99. The van der Waals surface area contributed by atoms with Crippen LogP contribution in [0.15, 0.2) is 73.1 Å². The molecular formula is C21H17ClN2O2. The fraction of sp³-hybridized carbons (Fsp3) is 0.143. The Labute approximate surface area is 156 Å². The number of nitrogens with zero attached hydrogens (tertiary/aromatic N) is 1. The zero-order valence-electron chi connectivity index (χ0n) is 13.9. The second kappa shape index (κ2) is 7.18. The number of anilines is 1. The molecule has 1 saturated carbocycles. The van der Waals surface area contributed by atoms with E-state index in [0.717, 1.165) is 28.4 Å². The molecule has 1 aliphatic rings. The maximum Gasteiger partial charge on any atom is 0.228 e. The van der Waals surface area contributed by atoms with Gasteiger partial charge in [0.25, 0.3) is 0 Å². The molecule has 4 nitrogen and oxygen atoms in total. The van der Waals surface area contributed by atoms with Crippen molar-refractivity contribution in [2.75, 3.05) is 5.32 Å². The molecule has 2 unspecified atom stereocenters. The molecule has 2 atom stereocenters. The molecule has 4 rings (SSSR count). The van der Waals surface area contributed by atoms with Crippen LogP contribution >= 0.6 is 11.6 Å². The van der Waals surface area contributed by atoms with Gasteiger partial charge in [0.2, 0.25) is 5.91 Å². The smallest absolute Gasteiger partial charge is 0.228 e. The highest BCUT2D eigenvalue weighted by Gasteiger charge is 2.44. The van der Waals surface area contributed by atoms with Crippen molar-refractivity contribution in [2.24, 2.45) is 5.92 Å². The van der Waals surface area contributed by atoms with Gasteiger partial charge in [-0.15, -0.1) is 0 Å². The van der Waals surface area contributed by atoms with Crippen molar-refractivity contribution in [3.8, 4) is 11.5 Å². The van der Waals surface area contributed by atoms with Gasteiger partial charge in [-0.1, -0.05) is 29.8 Å². The van der Waals surface area contributed by atoms with Gasteiger partial charge in [0, 0.05) is 29.0 Å². The second-order valence-corrected chi connectivity index (χ2v) is 6.68. The van der Waals surface area contributed by atoms with E-state index in [1.165, 1.54) is 0 Å². The van der Waals surface area contributed by atoms with Crippen LogP contribution in [0.25, 0.3) is 0 Å². The third kappa shape index (κ3) is 3.70. The van der Waals surface area contributed by atoms with Gasteiger partial charge in [0.15, 0.2) is 0 Å². The molecule has 1 fully saturated rings. The number of ether oxygens (including phenoxy) is 1. The molecule has 2 aromatic carbocycles. The molecule has 0 aliphatic heterocycles. The number of carbonyl (C=O) groups is 1. The van der Waals surface area contributed by atoms with Gasteiger partial charge < -0.3 is 10.1 Å². The lowest BCUT2D eigenvalue weighted by atomic mass is 10.1. The van der Waals surface area contributed by atoms with Crippen molar-refractivity contribution >= 4 is 23.2 Å². The largest absolute Gasteiger partial charge is 0.457 e. The monoisotopic (exact) mass is 364 g/mol. The average Bonchev–Trinajstić information content (AvgIpc) is 3.45. The number of rotatable bonds is 5. The summed E-state index contributed by atoms with van der Waals surface area (Å²) in [5.74, 6) is 1.63. The van der Waals surface area contributed by atoms with E-state index in [4.69, 9.17) is 16.3 Å². The van der Waals surface area contributed by atoms with E-state index in [2.05, 4.69) is 10.3 Å². The van der Waals surface area contributed by atoms with E-state index in [1.807, 2.05) is 48.5 Å². The normalized spacial score (nSPS) is 18.2. The van der Waals surface area contributed by atoms with Crippen LogP contribution in [0.2, 0.25) is 5.02 Å². The van der Waals surface area contributed by atoms with Gasteiger partial charge in [-0.05, 0) is 60.4 Å². The summed E-state index contributed by atoms with van der Waals surface area (Å²) in [6.45, 7) is 0. The number of hydrogen-bond donors (Lipinski definition) is 1. The van der Waals surface area contributed by atoms with E-state index in [-0.39, 0.29) is 17.7 Å². The molecule has 0 saturated heterocycles. The summed E-state index contributed by atoms with van der Waals surface area (Å²) in [6.07, 6.45) is 4.18. The lowest BCUT2D eigenvalue weighted by Crippen LogP contribution is -2.14.